The zero-order valence-corrected chi connectivity index (χ0v) is 11.9. The second-order valence-electron chi connectivity index (χ2n) is 4.45. The molecule has 1 heterocycles. The van der Waals surface area contributed by atoms with E-state index in [1.165, 1.54) is 12.1 Å². The number of rotatable bonds is 3. The van der Waals surface area contributed by atoms with Crippen LogP contribution in [0.5, 0.6) is 5.75 Å². The van der Waals surface area contributed by atoms with Gasteiger partial charge in [0.25, 0.3) is 0 Å². The Morgan fingerprint density at radius 1 is 1.19 bits per heavy atom. The maximum Gasteiger partial charge on any atom is 0.150 e. The largest absolute Gasteiger partial charge is 0.497 e. The summed E-state index contributed by atoms with van der Waals surface area (Å²) in [6, 6.07) is 8.66. The fraction of sp³-hybridized carbons (Fsp3) is 0.133. The lowest BCUT2D eigenvalue weighted by molar-refractivity contribution is 0.415. The Kier molecular flexibility index (Phi) is 3.51. The predicted octanol–water partition coefficient (Wildman–Crippen LogP) is 4.05. The van der Waals surface area contributed by atoms with Crippen LogP contribution in [0.1, 0.15) is 5.82 Å². The van der Waals surface area contributed by atoms with E-state index in [1.807, 2.05) is 0 Å². The van der Waals surface area contributed by atoms with E-state index in [0.29, 0.717) is 22.6 Å². The number of hydrogen-bond acceptors (Lipinski definition) is 2. The number of aromatic nitrogens is 2. The first-order valence-electron chi connectivity index (χ1n) is 6.21. The molecule has 0 aliphatic heterocycles. The van der Waals surface area contributed by atoms with E-state index in [9.17, 15) is 8.78 Å². The van der Waals surface area contributed by atoms with Crippen molar-refractivity contribution in [2.45, 2.75) is 5.88 Å². The van der Waals surface area contributed by atoms with E-state index >= 15 is 0 Å². The monoisotopic (exact) mass is 308 g/mol. The summed E-state index contributed by atoms with van der Waals surface area (Å²) in [6.07, 6.45) is 0. The SMILES string of the molecule is COc1ccc2c(c1)nc(CCl)n2-c1ccc(F)cc1F. The van der Waals surface area contributed by atoms with Gasteiger partial charge in [-0.2, -0.15) is 0 Å². The zero-order chi connectivity index (χ0) is 15.0. The fourth-order valence-electron chi connectivity index (χ4n) is 2.26. The van der Waals surface area contributed by atoms with Crippen LogP contribution in [-0.4, -0.2) is 16.7 Å². The number of nitrogens with zero attached hydrogens (tertiary/aromatic N) is 2. The van der Waals surface area contributed by atoms with Gasteiger partial charge in [-0.3, -0.25) is 4.57 Å². The molecule has 0 saturated carbocycles. The molecule has 21 heavy (non-hydrogen) atoms. The standard InChI is InChI=1S/C15H11ClF2N2O/c1-21-10-3-5-14-12(7-10)19-15(8-16)20(14)13-4-2-9(17)6-11(13)18/h2-7H,8H2,1H3. The van der Waals surface area contributed by atoms with Crippen molar-refractivity contribution in [2.24, 2.45) is 0 Å². The first kappa shape index (κ1) is 13.8. The Bertz CT molecular complexity index is 817. The molecule has 6 heteroatoms. The maximum absolute atomic E-state index is 14.0. The number of hydrogen-bond donors (Lipinski definition) is 0. The number of imidazole rings is 1. The van der Waals surface area contributed by atoms with Gasteiger partial charge in [0.2, 0.25) is 0 Å². The molecule has 2 aromatic carbocycles. The molecular weight excluding hydrogens is 298 g/mol. The van der Waals surface area contributed by atoms with Gasteiger partial charge in [-0.1, -0.05) is 0 Å². The van der Waals surface area contributed by atoms with E-state index in [-0.39, 0.29) is 11.6 Å². The molecule has 1 aromatic heterocycles. The summed E-state index contributed by atoms with van der Waals surface area (Å²) in [5.74, 6) is -0.0714. The molecule has 3 aromatic rings. The van der Waals surface area contributed by atoms with Gasteiger partial charge >= 0.3 is 0 Å². The van der Waals surface area contributed by atoms with Gasteiger partial charge in [0, 0.05) is 12.1 Å². The smallest absolute Gasteiger partial charge is 0.150 e. The first-order chi connectivity index (χ1) is 10.1. The van der Waals surface area contributed by atoms with Crippen LogP contribution in [-0.2, 0) is 5.88 Å². The van der Waals surface area contributed by atoms with E-state index in [1.54, 1.807) is 29.9 Å². The fourth-order valence-corrected chi connectivity index (χ4v) is 2.44. The lowest BCUT2D eigenvalue weighted by atomic mass is 10.2. The molecule has 0 saturated heterocycles. The van der Waals surface area contributed by atoms with Crippen LogP contribution in [0.4, 0.5) is 8.78 Å². The van der Waals surface area contributed by atoms with Gasteiger partial charge in [-0.15, -0.1) is 11.6 Å². The Morgan fingerprint density at radius 3 is 2.67 bits per heavy atom. The van der Waals surface area contributed by atoms with E-state index in [4.69, 9.17) is 16.3 Å². The summed E-state index contributed by atoms with van der Waals surface area (Å²) < 4.78 is 33.8. The third kappa shape index (κ3) is 2.34. The van der Waals surface area contributed by atoms with E-state index < -0.39 is 11.6 Å². The minimum absolute atomic E-state index is 0.105. The topological polar surface area (TPSA) is 27.1 Å². The number of benzene rings is 2. The lowest BCUT2D eigenvalue weighted by Crippen LogP contribution is -2.02. The van der Waals surface area contributed by atoms with Gasteiger partial charge in [0.05, 0.1) is 29.7 Å². The highest BCUT2D eigenvalue weighted by molar-refractivity contribution is 6.17. The molecule has 0 fully saturated rings. The number of alkyl halides is 1. The van der Waals surface area contributed by atoms with Gasteiger partial charge in [-0.25, -0.2) is 13.8 Å². The van der Waals surface area contributed by atoms with Crippen molar-refractivity contribution in [2.75, 3.05) is 7.11 Å². The average Bonchev–Trinajstić information content (AvgIpc) is 2.84. The highest BCUT2D eigenvalue weighted by Gasteiger charge is 2.15. The van der Waals surface area contributed by atoms with Crippen molar-refractivity contribution in [3.63, 3.8) is 0 Å². The van der Waals surface area contributed by atoms with Gasteiger partial charge < -0.3 is 4.74 Å². The molecule has 0 aliphatic carbocycles. The highest BCUT2D eigenvalue weighted by Crippen LogP contribution is 2.27. The predicted molar refractivity (Wildman–Crippen MR) is 77.1 cm³/mol. The highest BCUT2D eigenvalue weighted by atomic mass is 35.5. The molecule has 3 nitrogen and oxygen atoms in total. The van der Waals surface area contributed by atoms with E-state index in [2.05, 4.69) is 4.98 Å². The van der Waals surface area contributed by atoms with E-state index in [0.717, 1.165) is 6.07 Å². The summed E-state index contributed by atoms with van der Waals surface area (Å²) in [4.78, 5) is 4.37. The third-order valence-electron chi connectivity index (χ3n) is 3.20. The van der Waals surface area contributed by atoms with Crippen molar-refractivity contribution in [1.29, 1.82) is 0 Å². The number of fused-ring (bicyclic) bond motifs is 1. The number of methoxy groups -OCH3 is 1. The molecule has 0 N–H and O–H groups in total. The molecular formula is C15H11ClF2N2O. The van der Waals surface area contributed by atoms with Crippen LogP contribution in [0.3, 0.4) is 0 Å². The quantitative estimate of drug-likeness (QED) is 0.683. The molecule has 0 atom stereocenters. The molecule has 108 valence electrons. The van der Waals surface area contributed by atoms with Crippen molar-refractivity contribution in [3.8, 4) is 11.4 Å². The Hall–Kier alpha value is -2.14. The van der Waals surface area contributed by atoms with Crippen LogP contribution < -0.4 is 4.74 Å². The van der Waals surface area contributed by atoms with Crippen LogP contribution in [0.25, 0.3) is 16.7 Å². The molecule has 0 unspecified atom stereocenters. The molecule has 3 rings (SSSR count). The Balaban J connectivity index is 2.29. The number of ether oxygens (including phenoxy) is 1. The molecule has 0 spiro atoms. The van der Waals surface area contributed by atoms with Gasteiger partial charge in [-0.05, 0) is 24.3 Å². The van der Waals surface area contributed by atoms with Crippen LogP contribution in [0.2, 0.25) is 0 Å². The molecule has 0 radical (unpaired) electrons. The summed E-state index contributed by atoms with van der Waals surface area (Å²) in [5.41, 5.74) is 1.52. The minimum atomic E-state index is -0.670. The summed E-state index contributed by atoms with van der Waals surface area (Å²) >= 11 is 5.90. The second-order valence-corrected chi connectivity index (χ2v) is 4.71. The number of halogens is 3. The molecule has 0 bridgehead atoms. The maximum atomic E-state index is 14.0. The second kappa shape index (κ2) is 5.33. The van der Waals surface area contributed by atoms with Crippen molar-refractivity contribution in [1.82, 2.24) is 9.55 Å². The normalized spacial score (nSPS) is 11.0. The lowest BCUT2D eigenvalue weighted by Gasteiger charge is -2.09. The summed E-state index contributed by atoms with van der Waals surface area (Å²) in [7, 11) is 1.56. The average molecular weight is 309 g/mol. The minimum Gasteiger partial charge on any atom is -0.497 e. The zero-order valence-electron chi connectivity index (χ0n) is 11.1. The van der Waals surface area contributed by atoms with Crippen molar-refractivity contribution in [3.05, 3.63) is 53.9 Å². The summed E-state index contributed by atoms with van der Waals surface area (Å²) in [6.45, 7) is 0. The molecule has 0 amide bonds. The first-order valence-corrected chi connectivity index (χ1v) is 6.74. The Labute approximate surface area is 124 Å². The molecule has 0 aliphatic rings. The van der Waals surface area contributed by atoms with Crippen LogP contribution in [0, 0.1) is 11.6 Å². The Morgan fingerprint density at radius 2 is 2.00 bits per heavy atom. The van der Waals surface area contributed by atoms with Crippen molar-refractivity contribution >= 4 is 22.6 Å². The van der Waals surface area contributed by atoms with Crippen molar-refractivity contribution < 1.29 is 13.5 Å². The van der Waals surface area contributed by atoms with Crippen LogP contribution >= 0.6 is 11.6 Å². The summed E-state index contributed by atoms with van der Waals surface area (Å²) in [5, 5.41) is 0. The third-order valence-corrected chi connectivity index (χ3v) is 3.44. The van der Waals surface area contributed by atoms with Gasteiger partial charge in [0.1, 0.15) is 23.2 Å². The van der Waals surface area contributed by atoms with Gasteiger partial charge in [0.15, 0.2) is 0 Å². The van der Waals surface area contributed by atoms with Crippen LogP contribution in [0.15, 0.2) is 36.4 Å².